The van der Waals surface area contributed by atoms with E-state index in [0.29, 0.717) is 11.6 Å². The normalized spacial score (nSPS) is 22.6. The molecule has 0 radical (unpaired) electrons. The van der Waals surface area contributed by atoms with Gasteiger partial charge in [0.2, 0.25) is 5.91 Å². The van der Waals surface area contributed by atoms with Crippen LogP contribution in [0.3, 0.4) is 0 Å². The van der Waals surface area contributed by atoms with Crippen LogP contribution >= 0.6 is 0 Å². The van der Waals surface area contributed by atoms with Crippen LogP contribution in [0, 0.1) is 18.6 Å². The Balaban J connectivity index is 1.88. The van der Waals surface area contributed by atoms with Crippen molar-refractivity contribution >= 4 is 21.8 Å². The fourth-order valence-corrected chi connectivity index (χ4v) is 4.24. The summed E-state index contributed by atoms with van der Waals surface area (Å²) in [5.74, 6) is -2.43. The van der Waals surface area contributed by atoms with Crippen LogP contribution in [0.1, 0.15) is 23.7 Å². The lowest BCUT2D eigenvalue weighted by molar-refractivity contribution is -0.120. The van der Waals surface area contributed by atoms with E-state index in [1.807, 2.05) is 0 Å². The molecule has 2 atom stereocenters. The Hall–Kier alpha value is -2.37. The fourth-order valence-electron chi connectivity index (χ4n) is 2.98. The van der Waals surface area contributed by atoms with Crippen molar-refractivity contribution < 1.29 is 22.0 Å². The molecule has 0 aliphatic carbocycles. The summed E-state index contributed by atoms with van der Waals surface area (Å²) in [6.07, 6.45) is 1.67. The Morgan fingerprint density at radius 1 is 1.33 bits per heavy atom. The topological polar surface area (TPSA) is 96.3 Å². The number of rotatable bonds is 3. The largest absolute Gasteiger partial charge is 0.322 e. The van der Waals surface area contributed by atoms with Crippen molar-refractivity contribution in [2.75, 3.05) is 12.4 Å². The summed E-state index contributed by atoms with van der Waals surface area (Å²) in [5, 5.41) is 6.43. The molecule has 1 amide bonds. The van der Waals surface area contributed by atoms with Crippen LogP contribution in [-0.4, -0.2) is 41.5 Å². The second-order valence-electron chi connectivity index (χ2n) is 6.37. The maximum absolute atomic E-state index is 13.8. The lowest BCUT2D eigenvalue weighted by Crippen LogP contribution is -2.56. The third-order valence-electron chi connectivity index (χ3n) is 4.71. The maximum atomic E-state index is 13.8. The van der Waals surface area contributed by atoms with Crippen molar-refractivity contribution in [3.05, 3.63) is 47.3 Å². The number of nitrogens with one attached hydrogen (secondary N) is 2. The minimum absolute atomic E-state index is 0.122. The number of aryl methyl sites for hydroxylation is 1. The summed E-state index contributed by atoms with van der Waals surface area (Å²) in [6, 6.07) is 0.990. The third-order valence-corrected chi connectivity index (χ3v) is 6.30. The molecule has 1 aliphatic rings. The first-order valence-corrected chi connectivity index (χ1v) is 9.54. The van der Waals surface area contributed by atoms with Gasteiger partial charge in [-0.2, -0.15) is 22.5 Å². The number of carbonyl (C=O) groups is 1. The zero-order valence-electron chi connectivity index (χ0n) is 14.9. The molecule has 11 heteroatoms. The van der Waals surface area contributed by atoms with Gasteiger partial charge in [0.05, 0.1) is 17.9 Å². The van der Waals surface area contributed by atoms with E-state index in [9.17, 15) is 22.0 Å². The van der Waals surface area contributed by atoms with Crippen LogP contribution in [-0.2, 0) is 22.1 Å². The highest BCUT2D eigenvalue weighted by molar-refractivity contribution is 7.87. The number of carbonyl (C=O) groups excluding carboxylic acids is 1. The smallest absolute Gasteiger partial charge is 0.280 e. The van der Waals surface area contributed by atoms with E-state index >= 15 is 0 Å². The van der Waals surface area contributed by atoms with Crippen molar-refractivity contribution in [1.29, 1.82) is 0 Å². The first-order chi connectivity index (χ1) is 12.6. The molecule has 3 rings (SSSR count). The molecule has 2 aromatic rings. The standard InChI is InChI=1S/C16H19F2N5O3S/c1-9-11(8-19-22(9)2)14-7-15(23(3)27(25,26)21-14)16(24)20-13-5-4-10(17)6-12(13)18/h4-6,8,14-15,21H,7H2,1-3H3,(H,20,24). The molecule has 146 valence electrons. The van der Waals surface area contributed by atoms with E-state index < -0.39 is 39.8 Å². The summed E-state index contributed by atoms with van der Waals surface area (Å²) in [6.45, 7) is 1.79. The van der Waals surface area contributed by atoms with Crippen molar-refractivity contribution in [2.45, 2.75) is 25.4 Å². The van der Waals surface area contributed by atoms with E-state index in [-0.39, 0.29) is 12.1 Å². The molecule has 0 saturated carbocycles. The molecular formula is C16H19F2N5O3S. The number of hydrogen-bond acceptors (Lipinski definition) is 4. The number of amides is 1. The summed E-state index contributed by atoms with van der Waals surface area (Å²) < 4.78 is 56.8. The number of halogens is 2. The van der Waals surface area contributed by atoms with Gasteiger partial charge in [0, 0.05) is 31.4 Å². The van der Waals surface area contributed by atoms with E-state index in [4.69, 9.17) is 0 Å². The maximum Gasteiger partial charge on any atom is 0.280 e. The number of benzene rings is 1. The molecule has 2 N–H and O–H groups in total. The predicted molar refractivity (Wildman–Crippen MR) is 93.9 cm³/mol. The van der Waals surface area contributed by atoms with E-state index in [0.717, 1.165) is 22.1 Å². The van der Waals surface area contributed by atoms with Crippen LogP contribution in [0.2, 0.25) is 0 Å². The van der Waals surface area contributed by atoms with E-state index in [1.54, 1.807) is 24.9 Å². The highest BCUT2D eigenvalue weighted by Crippen LogP contribution is 2.30. The van der Waals surface area contributed by atoms with Crippen LogP contribution < -0.4 is 10.0 Å². The number of aromatic nitrogens is 2. The predicted octanol–water partition coefficient (Wildman–Crippen LogP) is 1.23. The van der Waals surface area contributed by atoms with Crippen molar-refractivity contribution in [2.24, 2.45) is 7.05 Å². The van der Waals surface area contributed by atoms with Crippen LogP contribution in [0.25, 0.3) is 0 Å². The van der Waals surface area contributed by atoms with Crippen LogP contribution in [0.4, 0.5) is 14.5 Å². The van der Waals surface area contributed by atoms with E-state index in [1.165, 1.54) is 7.05 Å². The highest BCUT2D eigenvalue weighted by Gasteiger charge is 2.41. The number of hydrogen-bond donors (Lipinski definition) is 2. The molecule has 1 aromatic heterocycles. The van der Waals surface area contributed by atoms with Crippen LogP contribution in [0.5, 0.6) is 0 Å². The quantitative estimate of drug-likeness (QED) is 0.811. The lowest BCUT2D eigenvalue weighted by Gasteiger charge is -2.36. The second kappa shape index (κ2) is 6.98. The molecule has 1 saturated heterocycles. The summed E-state index contributed by atoms with van der Waals surface area (Å²) in [4.78, 5) is 12.6. The number of likely N-dealkylation sites (N-methyl/N-ethyl adjacent to an activating group) is 1. The van der Waals surface area contributed by atoms with Gasteiger partial charge < -0.3 is 5.32 Å². The highest BCUT2D eigenvalue weighted by atomic mass is 32.2. The second-order valence-corrected chi connectivity index (χ2v) is 8.13. The minimum Gasteiger partial charge on any atom is -0.322 e. The average molecular weight is 399 g/mol. The monoisotopic (exact) mass is 399 g/mol. The van der Waals surface area contributed by atoms with Gasteiger partial charge in [-0.25, -0.2) is 8.78 Å². The first-order valence-electron chi connectivity index (χ1n) is 8.10. The molecule has 27 heavy (non-hydrogen) atoms. The Morgan fingerprint density at radius 3 is 2.63 bits per heavy atom. The number of nitrogens with zero attached hydrogens (tertiary/aromatic N) is 3. The van der Waals surface area contributed by atoms with Gasteiger partial charge in [-0.1, -0.05) is 0 Å². The van der Waals surface area contributed by atoms with Crippen LogP contribution in [0.15, 0.2) is 24.4 Å². The molecule has 1 fully saturated rings. The molecule has 2 heterocycles. The van der Waals surface area contributed by atoms with Crippen molar-refractivity contribution in [1.82, 2.24) is 18.8 Å². The summed E-state index contributed by atoms with van der Waals surface area (Å²) in [7, 11) is -0.948. The minimum atomic E-state index is -3.94. The molecule has 1 aromatic carbocycles. The molecule has 0 bridgehead atoms. The summed E-state index contributed by atoms with van der Waals surface area (Å²) >= 11 is 0. The molecule has 8 nitrogen and oxygen atoms in total. The van der Waals surface area contributed by atoms with Gasteiger partial charge in [-0.3, -0.25) is 9.48 Å². The summed E-state index contributed by atoms with van der Waals surface area (Å²) in [5.41, 5.74) is 1.19. The molecular weight excluding hydrogens is 380 g/mol. The van der Waals surface area contributed by atoms with Crippen molar-refractivity contribution in [3.63, 3.8) is 0 Å². The Kier molecular flexibility index (Phi) is 5.02. The van der Waals surface area contributed by atoms with Gasteiger partial charge in [-0.15, -0.1) is 0 Å². The zero-order valence-corrected chi connectivity index (χ0v) is 15.7. The Morgan fingerprint density at radius 2 is 2.04 bits per heavy atom. The lowest BCUT2D eigenvalue weighted by atomic mass is 10.00. The van der Waals surface area contributed by atoms with Crippen molar-refractivity contribution in [3.8, 4) is 0 Å². The molecule has 0 spiro atoms. The van der Waals surface area contributed by atoms with Gasteiger partial charge in [0.15, 0.2) is 0 Å². The average Bonchev–Trinajstić information content (AvgIpc) is 2.92. The number of anilines is 1. The first kappa shape index (κ1) is 19.4. The van der Waals surface area contributed by atoms with Gasteiger partial charge >= 0.3 is 0 Å². The van der Waals surface area contributed by atoms with Gasteiger partial charge in [0.1, 0.15) is 17.7 Å². The fraction of sp³-hybridized carbons (Fsp3) is 0.375. The molecule has 2 unspecified atom stereocenters. The van der Waals surface area contributed by atoms with E-state index in [2.05, 4.69) is 15.1 Å². The third kappa shape index (κ3) is 3.70. The SMILES string of the molecule is Cc1c(C2CC(C(=O)Nc3ccc(F)cc3F)N(C)S(=O)(=O)N2)cnn1C. The Labute approximate surface area is 155 Å². The zero-order chi connectivity index (χ0) is 19.9. The van der Waals surface area contributed by atoms with Gasteiger partial charge in [0.25, 0.3) is 10.2 Å². The Bertz CT molecular complexity index is 992. The van der Waals surface area contributed by atoms with Gasteiger partial charge in [-0.05, 0) is 25.5 Å². The molecule has 1 aliphatic heterocycles.